The first-order valence-electron chi connectivity index (χ1n) is 17.3. The third-order valence-electron chi connectivity index (χ3n) is 6.10. The Hall–Kier alpha value is -3.14. The fourth-order valence-electron chi connectivity index (χ4n) is 3.69. The van der Waals surface area contributed by atoms with Crippen LogP contribution < -0.4 is 16.0 Å². The van der Waals surface area contributed by atoms with E-state index < -0.39 is 42.5 Å². The van der Waals surface area contributed by atoms with Gasteiger partial charge in [0.05, 0.1) is 119 Å². The highest BCUT2D eigenvalue weighted by Gasteiger charge is 2.38. The summed E-state index contributed by atoms with van der Waals surface area (Å²) in [5, 5.41) is 6.75. The molecule has 0 saturated heterocycles. The third-order valence-corrected chi connectivity index (χ3v) is 6.10. The second-order valence-electron chi connectivity index (χ2n) is 11.7. The van der Waals surface area contributed by atoms with E-state index >= 15 is 0 Å². The number of alkyl halides is 3. The quantitative estimate of drug-likeness (QED) is 0.0717. The highest BCUT2D eigenvalue weighted by atomic mass is 19.4. The maximum absolute atomic E-state index is 12.5. The van der Waals surface area contributed by atoms with E-state index in [1.165, 1.54) is 12.1 Å². The third kappa shape index (κ3) is 29.9. The molecule has 0 aliphatic rings. The molecular weight excluding hydrogens is 715 g/mol. The number of hydrogen-bond acceptors (Lipinski definition) is 13. The molecule has 3 N–H and O–H groups in total. The van der Waals surface area contributed by atoms with Gasteiger partial charge < -0.3 is 63.3 Å². The summed E-state index contributed by atoms with van der Waals surface area (Å²) in [7, 11) is 0. The topological polar surface area (TPSA) is 180 Å². The summed E-state index contributed by atoms with van der Waals surface area (Å²) >= 11 is 0. The molecule has 0 aliphatic carbocycles. The molecule has 16 nitrogen and oxygen atoms in total. The van der Waals surface area contributed by atoms with Gasteiger partial charge in [0, 0.05) is 12.1 Å². The molecule has 0 aliphatic heterocycles. The molecule has 0 spiro atoms. The molecule has 1 aromatic rings. The minimum Gasteiger partial charge on any atom is -0.444 e. The molecule has 1 unspecified atom stereocenters. The Balaban J connectivity index is 1.87. The molecule has 1 aromatic carbocycles. The van der Waals surface area contributed by atoms with Crippen LogP contribution in [0.15, 0.2) is 30.3 Å². The molecule has 19 heteroatoms. The van der Waals surface area contributed by atoms with Crippen molar-refractivity contribution in [3.05, 3.63) is 35.9 Å². The Morgan fingerprint density at radius 2 is 0.981 bits per heavy atom. The summed E-state index contributed by atoms with van der Waals surface area (Å²) in [6.07, 6.45) is -6.75. The van der Waals surface area contributed by atoms with Crippen LogP contribution in [0.3, 0.4) is 0 Å². The predicted octanol–water partition coefficient (Wildman–Crippen LogP) is 2.10. The standard InChI is InChI=1S/C34H56F3N3O13/c1-33(2,3)53-32(43)38-9-10-44-11-12-45-13-14-46-15-16-47-17-18-48-19-20-49-21-22-50-23-24-51-25-26-52-29(27-39-31(42)34(35,36)37)40-30(41)28-7-5-4-6-8-28/h4-8,29H,9-27H2,1-3H3,(H,38,43)(H,39,42)(H,40,41). The number of nitrogens with one attached hydrogen (secondary N) is 3. The number of amides is 3. The normalized spacial score (nSPS) is 12.3. The fourth-order valence-corrected chi connectivity index (χ4v) is 3.69. The van der Waals surface area contributed by atoms with Crippen molar-refractivity contribution in [3.63, 3.8) is 0 Å². The van der Waals surface area contributed by atoms with Gasteiger partial charge in [-0.25, -0.2) is 4.79 Å². The number of halogens is 3. The van der Waals surface area contributed by atoms with Crippen LogP contribution in [0.4, 0.5) is 18.0 Å². The highest BCUT2D eigenvalue weighted by molar-refractivity contribution is 5.94. The minimum absolute atomic E-state index is 0.0579. The van der Waals surface area contributed by atoms with Crippen LogP contribution in [0.1, 0.15) is 31.1 Å². The Morgan fingerprint density at radius 3 is 1.38 bits per heavy atom. The zero-order valence-corrected chi connectivity index (χ0v) is 30.8. The van der Waals surface area contributed by atoms with E-state index in [9.17, 15) is 27.6 Å². The van der Waals surface area contributed by atoms with E-state index in [-0.39, 0.29) is 32.0 Å². The van der Waals surface area contributed by atoms with E-state index in [0.717, 1.165) is 0 Å². The van der Waals surface area contributed by atoms with Crippen molar-refractivity contribution in [1.82, 2.24) is 16.0 Å². The molecule has 3 amide bonds. The van der Waals surface area contributed by atoms with Crippen LogP contribution in [-0.4, -0.2) is 161 Å². The maximum Gasteiger partial charge on any atom is 0.471 e. The van der Waals surface area contributed by atoms with Crippen molar-refractivity contribution >= 4 is 17.9 Å². The van der Waals surface area contributed by atoms with Gasteiger partial charge in [-0.05, 0) is 32.9 Å². The van der Waals surface area contributed by atoms with Crippen LogP contribution >= 0.6 is 0 Å². The minimum atomic E-state index is -5.06. The lowest BCUT2D eigenvalue weighted by Crippen LogP contribution is -2.48. The van der Waals surface area contributed by atoms with Gasteiger partial charge in [-0.2, -0.15) is 13.2 Å². The number of ether oxygens (including phenoxy) is 10. The Kier molecular flexibility index (Phi) is 27.3. The van der Waals surface area contributed by atoms with Crippen LogP contribution in [0.25, 0.3) is 0 Å². The second kappa shape index (κ2) is 30.2. The van der Waals surface area contributed by atoms with Gasteiger partial charge in [-0.15, -0.1) is 0 Å². The molecule has 0 saturated carbocycles. The lowest BCUT2D eigenvalue weighted by molar-refractivity contribution is -0.174. The lowest BCUT2D eigenvalue weighted by atomic mass is 10.2. The molecule has 1 rings (SSSR count). The maximum atomic E-state index is 12.5. The smallest absolute Gasteiger partial charge is 0.444 e. The van der Waals surface area contributed by atoms with Gasteiger partial charge in [0.1, 0.15) is 11.8 Å². The average Bonchev–Trinajstić information content (AvgIpc) is 3.10. The van der Waals surface area contributed by atoms with Crippen molar-refractivity contribution in [2.45, 2.75) is 38.8 Å². The first kappa shape index (κ1) is 47.9. The molecular formula is C34H56F3N3O13. The molecule has 0 heterocycles. The summed E-state index contributed by atoms with van der Waals surface area (Å²) in [5.41, 5.74) is -0.256. The summed E-state index contributed by atoms with van der Waals surface area (Å²) < 4.78 is 91.5. The van der Waals surface area contributed by atoms with Gasteiger partial charge >= 0.3 is 18.2 Å². The molecule has 53 heavy (non-hydrogen) atoms. The average molecular weight is 772 g/mol. The molecule has 0 fully saturated rings. The molecule has 1 atom stereocenters. The van der Waals surface area contributed by atoms with Crippen LogP contribution in [0.5, 0.6) is 0 Å². The Bertz CT molecular complexity index is 1080. The van der Waals surface area contributed by atoms with E-state index in [0.29, 0.717) is 92.4 Å². The summed E-state index contributed by atoms with van der Waals surface area (Å²) in [6.45, 7) is 10.9. The summed E-state index contributed by atoms with van der Waals surface area (Å²) in [6, 6.07) is 8.02. The number of carbonyl (C=O) groups excluding carboxylic acids is 3. The van der Waals surface area contributed by atoms with Crippen molar-refractivity contribution in [1.29, 1.82) is 0 Å². The van der Waals surface area contributed by atoms with Crippen LogP contribution in [0, 0.1) is 0 Å². The molecule has 0 bridgehead atoms. The van der Waals surface area contributed by atoms with Gasteiger partial charge in [0.2, 0.25) is 0 Å². The second-order valence-corrected chi connectivity index (χ2v) is 11.7. The van der Waals surface area contributed by atoms with Gasteiger partial charge in [0.15, 0.2) is 0 Å². The summed E-state index contributed by atoms with van der Waals surface area (Å²) in [5.74, 6) is -2.72. The zero-order valence-electron chi connectivity index (χ0n) is 30.8. The Labute approximate surface area is 308 Å². The van der Waals surface area contributed by atoms with E-state index in [4.69, 9.17) is 47.4 Å². The van der Waals surface area contributed by atoms with E-state index in [1.807, 2.05) is 0 Å². The fraction of sp³-hybridized carbons (Fsp3) is 0.735. The molecule has 306 valence electrons. The lowest BCUT2D eigenvalue weighted by Gasteiger charge is -2.20. The Morgan fingerprint density at radius 1 is 0.585 bits per heavy atom. The largest absolute Gasteiger partial charge is 0.471 e. The SMILES string of the molecule is CC(C)(C)OC(=O)NCCOCCOCCOCCOCCOCCOCCOCCOCCOC(CNC(=O)C(F)(F)F)NC(=O)c1ccccc1. The van der Waals surface area contributed by atoms with E-state index in [2.05, 4.69) is 10.6 Å². The predicted molar refractivity (Wildman–Crippen MR) is 184 cm³/mol. The van der Waals surface area contributed by atoms with Crippen molar-refractivity contribution < 1.29 is 74.9 Å². The number of hydrogen-bond donors (Lipinski definition) is 3. The van der Waals surface area contributed by atoms with Gasteiger partial charge in [-0.1, -0.05) is 18.2 Å². The van der Waals surface area contributed by atoms with Crippen molar-refractivity contribution in [2.75, 3.05) is 125 Å². The number of alkyl carbamates (subject to hydrolysis) is 1. The number of rotatable bonds is 32. The first-order chi connectivity index (χ1) is 25.4. The monoisotopic (exact) mass is 771 g/mol. The van der Waals surface area contributed by atoms with E-state index in [1.54, 1.807) is 44.3 Å². The number of benzene rings is 1. The van der Waals surface area contributed by atoms with Gasteiger partial charge in [-0.3, -0.25) is 9.59 Å². The summed E-state index contributed by atoms with van der Waals surface area (Å²) in [4.78, 5) is 35.0. The molecule has 0 aromatic heterocycles. The number of carbonyl (C=O) groups is 3. The first-order valence-corrected chi connectivity index (χ1v) is 17.3. The van der Waals surface area contributed by atoms with Crippen LogP contribution in [0.2, 0.25) is 0 Å². The molecule has 0 radical (unpaired) electrons. The van der Waals surface area contributed by atoms with Gasteiger partial charge in [0.25, 0.3) is 5.91 Å². The van der Waals surface area contributed by atoms with Crippen molar-refractivity contribution in [3.8, 4) is 0 Å². The van der Waals surface area contributed by atoms with Crippen molar-refractivity contribution in [2.24, 2.45) is 0 Å². The zero-order chi connectivity index (χ0) is 39.0. The highest BCUT2D eigenvalue weighted by Crippen LogP contribution is 2.14. The van der Waals surface area contributed by atoms with Crippen LogP contribution in [-0.2, 0) is 52.2 Å².